The van der Waals surface area contributed by atoms with Crippen LogP contribution in [0.3, 0.4) is 0 Å². The quantitative estimate of drug-likeness (QED) is 0.619. The first-order chi connectivity index (χ1) is 11.2. The molecule has 2 aliphatic rings. The lowest BCUT2D eigenvalue weighted by Gasteiger charge is -2.44. The van der Waals surface area contributed by atoms with Crippen LogP contribution in [-0.2, 0) is 9.59 Å². The van der Waals surface area contributed by atoms with Gasteiger partial charge in [0.05, 0.1) is 18.1 Å². The Morgan fingerprint density at radius 3 is 2.71 bits per heavy atom. The molecule has 6 nitrogen and oxygen atoms in total. The number of aliphatic hydroxyl groups excluding tert-OH is 1. The van der Waals surface area contributed by atoms with Crippen LogP contribution in [0.1, 0.15) is 23.8 Å². The molecule has 0 saturated carbocycles. The van der Waals surface area contributed by atoms with Crippen molar-refractivity contribution in [1.29, 1.82) is 0 Å². The second-order valence-corrected chi connectivity index (χ2v) is 7.58. The van der Waals surface area contributed by atoms with Crippen molar-refractivity contribution in [3.05, 3.63) is 27.6 Å². The van der Waals surface area contributed by atoms with Crippen molar-refractivity contribution >= 4 is 46.0 Å². The molecule has 3 rings (SSSR count). The molecule has 3 atom stereocenters. The molecule has 0 spiro atoms. The Morgan fingerprint density at radius 1 is 1.50 bits per heavy atom. The highest BCUT2D eigenvalue weighted by molar-refractivity contribution is 7.80. The molecule has 2 aliphatic heterocycles. The van der Waals surface area contributed by atoms with Crippen molar-refractivity contribution in [1.82, 2.24) is 9.80 Å². The van der Waals surface area contributed by atoms with Gasteiger partial charge in [-0.2, -0.15) is 0 Å². The minimum atomic E-state index is -1.12. The Kier molecular flexibility index (Phi) is 4.23. The molecule has 0 bridgehead atoms. The zero-order valence-corrected chi connectivity index (χ0v) is 15.1. The summed E-state index contributed by atoms with van der Waals surface area (Å²) in [4.78, 5) is 28.5. The van der Waals surface area contributed by atoms with Gasteiger partial charge in [-0.3, -0.25) is 4.79 Å². The number of aliphatic hydroxyl groups is 1. The van der Waals surface area contributed by atoms with Gasteiger partial charge < -0.3 is 20.0 Å². The zero-order chi connectivity index (χ0) is 17.8. The van der Waals surface area contributed by atoms with Crippen LogP contribution in [0.5, 0.6) is 0 Å². The summed E-state index contributed by atoms with van der Waals surface area (Å²) < 4.78 is 0. The van der Waals surface area contributed by atoms with E-state index in [0.717, 1.165) is 10.4 Å². The third-order valence-corrected chi connectivity index (χ3v) is 6.07. The SMILES string of the molecule is C[C@@H](O)[C@H]1C(=O)N2C(C(=O)O)=C(c3cc(C(=S)N(C)C)cs3)C[C@H]12. The number of β-lactam (4-membered cyclic amide) rings is 1. The van der Waals surface area contributed by atoms with E-state index >= 15 is 0 Å². The van der Waals surface area contributed by atoms with E-state index in [1.165, 1.54) is 16.2 Å². The van der Waals surface area contributed by atoms with E-state index in [-0.39, 0.29) is 17.6 Å². The highest BCUT2D eigenvalue weighted by atomic mass is 32.1. The standard InChI is InChI=1S/C16H18N2O4S2/c1-7(19)12-10-5-9(13(16(21)22)18(10)14(12)20)11-4-8(6-24-11)15(23)17(2)3/h4,6-7,10,12,19H,5H2,1-3H3,(H,21,22)/t7-,10-,12-/m1/s1. The molecule has 1 saturated heterocycles. The van der Waals surface area contributed by atoms with Gasteiger partial charge >= 0.3 is 5.97 Å². The fourth-order valence-electron chi connectivity index (χ4n) is 3.35. The van der Waals surface area contributed by atoms with Crippen LogP contribution in [0.2, 0.25) is 0 Å². The molecule has 1 amide bonds. The Labute approximate surface area is 149 Å². The molecule has 2 N–H and O–H groups in total. The normalized spacial score (nSPS) is 23.8. The molecule has 8 heteroatoms. The minimum Gasteiger partial charge on any atom is -0.477 e. The molecular weight excluding hydrogens is 348 g/mol. The van der Waals surface area contributed by atoms with Crippen molar-refractivity contribution in [2.45, 2.75) is 25.5 Å². The van der Waals surface area contributed by atoms with Crippen molar-refractivity contribution in [2.75, 3.05) is 14.1 Å². The van der Waals surface area contributed by atoms with E-state index < -0.39 is 18.0 Å². The Balaban J connectivity index is 1.97. The summed E-state index contributed by atoms with van der Waals surface area (Å²) in [6.07, 6.45) is -0.342. The Bertz CT molecular complexity index is 766. The molecule has 0 unspecified atom stereocenters. The Hall–Kier alpha value is -1.77. The van der Waals surface area contributed by atoms with Crippen LogP contribution < -0.4 is 0 Å². The second kappa shape index (κ2) is 5.94. The summed E-state index contributed by atoms with van der Waals surface area (Å²) in [5.74, 6) is -1.96. The van der Waals surface area contributed by atoms with E-state index in [1.54, 1.807) is 6.92 Å². The van der Waals surface area contributed by atoms with Gasteiger partial charge in [0.2, 0.25) is 5.91 Å². The van der Waals surface area contributed by atoms with Gasteiger partial charge in [-0.15, -0.1) is 11.3 Å². The van der Waals surface area contributed by atoms with Crippen LogP contribution in [0.25, 0.3) is 5.57 Å². The van der Waals surface area contributed by atoms with Gasteiger partial charge in [0.15, 0.2) is 0 Å². The summed E-state index contributed by atoms with van der Waals surface area (Å²) >= 11 is 6.77. The molecular formula is C16H18N2O4S2. The fraction of sp³-hybridized carbons (Fsp3) is 0.438. The maximum atomic E-state index is 12.2. The lowest BCUT2D eigenvalue weighted by molar-refractivity contribution is -0.161. The van der Waals surface area contributed by atoms with E-state index in [0.29, 0.717) is 17.0 Å². The maximum absolute atomic E-state index is 12.2. The predicted molar refractivity (Wildman–Crippen MR) is 94.7 cm³/mol. The lowest BCUT2D eigenvalue weighted by Crippen LogP contribution is -2.61. The summed E-state index contributed by atoms with van der Waals surface area (Å²) in [6.45, 7) is 1.57. The van der Waals surface area contributed by atoms with Crippen molar-refractivity contribution in [2.24, 2.45) is 5.92 Å². The first-order valence-electron chi connectivity index (χ1n) is 7.52. The number of carbonyl (C=O) groups is 2. The molecule has 1 aromatic rings. The number of carboxylic acid groups (broad SMARTS) is 1. The molecule has 3 heterocycles. The van der Waals surface area contributed by atoms with E-state index in [4.69, 9.17) is 12.2 Å². The summed E-state index contributed by atoms with van der Waals surface area (Å²) in [5.41, 5.74) is 1.53. The van der Waals surface area contributed by atoms with Crippen molar-refractivity contribution in [3.8, 4) is 0 Å². The largest absolute Gasteiger partial charge is 0.477 e. The van der Waals surface area contributed by atoms with Crippen LogP contribution in [-0.4, -0.2) is 63.1 Å². The molecule has 24 heavy (non-hydrogen) atoms. The van der Waals surface area contributed by atoms with Crippen LogP contribution in [0.4, 0.5) is 0 Å². The van der Waals surface area contributed by atoms with Gasteiger partial charge in [0.25, 0.3) is 0 Å². The second-order valence-electron chi connectivity index (χ2n) is 6.28. The van der Waals surface area contributed by atoms with E-state index in [2.05, 4.69) is 0 Å². The summed E-state index contributed by atoms with van der Waals surface area (Å²) in [5, 5.41) is 21.2. The Morgan fingerprint density at radius 2 is 2.17 bits per heavy atom. The third kappa shape index (κ3) is 2.45. The first kappa shape index (κ1) is 17.1. The molecule has 0 aliphatic carbocycles. The van der Waals surface area contributed by atoms with Gasteiger partial charge in [-0.25, -0.2) is 4.79 Å². The van der Waals surface area contributed by atoms with E-state index in [9.17, 15) is 19.8 Å². The average molecular weight is 366 g/mol. The number of rotatable bonds is 4. The molecule has 1 fully saturated rings. The number of thiophene rings is 1. The fourth-order valence-corrected chi connectivity index (χ4v) is 4.50. The molecule has 1 aromatic heterocycles. The third-order valence-electron chi connectivity index (χ3n) is 4.48. The van der Waals surface area contributed by atoms with Gasteiger partial charge in [-0.05, 0) is 19.4 Å². The topological polar surface area (TPSA) is 81.1 Å². The minimum absolute atomic E-state index is 0.0334. The van der Waals surface area contributed by atoms with Crippen LogP contribution in [0.15, 0.2) is 17.1 Å². The number of carboxylic acids is 1. The highest BCUT2D eigenvalue weighted by Crippen LogP contribution is 2.47. The highest BCUT2D eigenvalue weighted by Gasteiger charge is 2.56. The van der Waals surface area contributed by atoms with Gasteiger partial charge in [-0.1, -0.05) is 12.2 Å². The number of fused-ring (bicyclic) bond motifs is 1. The average Bonchev–Trinajstić information content (AvgIpc) is 3.07. The molecule has 0 aromatic carbocycles. The van der Waals surface area contributed by atoms with Crippen molar-refractivity contribution < 1.29 is 19.8 Å². The van der Waals surface area contributed by atoms with Gasteiger partial charge in [0, 0.05) is 35.5 Å². The van der Waals surface area contributed by atoms with Crippen molar-refractivity contribution in [3.63, 3.8) is 0 Å². The number of aliphatic carboxylic acids is 1. The number of nitrogens with zero attached hydrogens (tertiary/aromatic N) is 2. The number of carbonyl (C=O) groups excluding carboxylic acids is 1. The lowest BCUT2D eigenvalue weighted by atomic mass is 9.83. The van der Waals surface area contributed by atoms with Gasteiger partial charge in [0.1, 0.15) is 10.7 Å². The van der Waals surface area contributed by atoms with E-state index in [1.807, 2.05) is 30.4 Å². The molecule has 0 radical (unpaired) electrons. The summed E-state index contributed by atoms with van der Waals surface area (Å²) in [7, 11) is 3.71. The van der Waals surface area contributed by atoms with Crippen LogP contribution >= 0.6 is 23.6 Å². The maximum Gasteiger partial charge on any atom is 0.352 e. The number of hydrogen-bond donors (Lipinski definition) is 2. The number of hydrogen-bond acceptors (Lipinski definition) is 5. The number of amides is 1. The summed E-state index contributed by atoms with van der Waals surface area (Å²) in [6, 6.07) is 1.60. The zero-order valence-electron chi connectivity index (χ0n) is 13.5. The first-order valence-corrected chi connectivity index (χ1v) is 8.81. The smallest absolute Gasteiger partial charge is 0.352 e. The monoisotopic (exact) mass is 366 g/mol. The van der Waals surface area contributed by atoms with Crippen LogP contribution in [0, 0.1) is 5.92 Å². The number of thiocarbonyl (C=S) groups is 1. The predicted octanol–water partition coefficient (Wildman–Crippen LogP) is 1.39. The molecule has 128 valence electrons.